The fourth-order valence-electron chi connectivity index (χ4n) is 1.53. The Morgan fingerprint density at radius 2 is 2.44 bits per heavy atom. The minimum absolute atomic E-state index is 0.0101. The molecule has 1 rings (SSSR count). The molecule has 5 nitrogen and oxygen atoms in total. The van der Waals surface area contributed by atoms with Crippen molar-refractivity contribution in [2.75, 3.05) is 19.6 Å². The van der Waals surface area contributed by atoms with E-state index >= 15 is 0 Å². The van der Waals surface area contributed by atoms with Crippen molar-refractivity contribution < 1.29 is 4.79 Å². The van der Waals surface area contributed by atoms with Gasteiger partial charge in [-0.05, 0) is 18.2 Å². The van der Waals surface area contributed by atoms with Gasteiger partial charge in [0.05, 0.1) is 19.0 Å². The molecule has 18 heavy (non-hydrogen) atoms. The molecule has 1 N–H and O–H groups in total. The average Bonchev–Trinajstić information content (AvgIpc) is 2.42. The third kappa shape index (κ3) is 4.93. The molecule has 0 aliphatic heterocycles. The van der Waals surface area contributed by atoms with E-state index in [2.05, 4.69) is 16.4 Å². The van der Waals surface area contributed by atoms with E-state index in [1.54, 1.807) is 17.3 Å². The SMILES string of the molecule is CCNCC(=O)N(CCC#N)Cc1cccnc1. The van der Waals surface area contributed by atoms with Crippen LogP contribution in [0, 0.1) is 11.3 Å². The number of hydrogen-bond donors (Lipinski definition) is 1. The van der Waals surface area contributed by atoms with Crippen molar-refractivity contribution in [3.8, 4) is 6.07 Å². The Hall–Kier alpha value is -1.93. The largest absolute Gasteiger partial charge is 0.336 e. The van der Waals surface area contributed by atoms with E-state index in [4.69, 9.17) is 5.26 Å². The van der Waals surface area contributed by atoms with E-state index in [-0.39, 0.29) is 5.91 Å². The van der Waals surface area contributed by atoms with E-state index in [1.807, 2.05) is 19.1 Å². The quantitative estimate of drug-likeness (QED) is 0.777. The Kier molecular flexibility index (Phi) is 6.44. The minimum Gasteiger partial charge on any atom is -0.336 e. The van der Waals surface area contributed by atoms with Crippen LogP contribution in [0.1, 0.15) is 18.9 Å². The monoisotopic (exact) mass is 246 g/mol. The molecule has 0 unspecified atom stereocenters. The number of nitriles is 1. The molecule has 1 aromatic rings. The standard InChI is InChI=1S/C13H18N4O/c1-2-15-10-13(18)17(8-4-6-14)11-12-5-3-7-16-9-12/h3,5,7,9,15H,2,4,8,10-11H2,1H3. The van der Waals surface area contributed by atoms with Crippen LogP contribution in [-0.4, -0.2) is 35.4 Å². The summed E-state index contributed by atoms with van der Waals surface area (Å²) in [4.78, 5) is 17.7. The number of carbonyl (C=O) groups is 1. The van der Waals surface area contributed by atoms with Gasteiger partial charge in [0.15, 0.2) is 0 Å². The van der Waals surface area contributed by atoms with Crippen LogP contribution in [0.4, 0.5) is 0 Å². The van der Waals surface area contributed by atoms with Gasteiger partial charge in [0.25, 0.3) is 0 Å². The highest BCUT2D eigenvalue weighted by Gasteiger charge is 2.12. The Bertz CT molecular complexity index is 399. The van der Waals surface area contributed by atoms with Crippen LogP contribution < -0.4 is 5.32 Å². The summed E-state index contributed by atoms with van der Waals surface area (Å²) in [5, 5.41) is 11.6. The van der Waals surface area contributed by atoms with E-state index in [1.165, 1.54) is 0 Å². The Labute approximate surface area is 107 Å². The Balaban J connectivity index is 2.60. The number of likely N-dealkylation sites (N-methyl/N-ethyl adjacent to an activating group) is 1. The highest BCUT2D eigenvalue weighted by atomic mass is 16.2. The highest BCUT2D eigenvalue weighted by Crippen LogP contribution is 2.04. The average molecular weight is 246 g/mol. The van der Waals surface area contributed by atoms with Crippen LogP contribution in [0.3, 0.4) is 0 Å². The molecule has 1 aromatic heterocycles. The van der Waals surface area contributed by atoms with Crippen molar-refractivity contribution in [2.45, 2.75) is 19.9 Å². The fourth-order valence-corrected chi connectivity index (χ4v) is 1.53. The van der Waals surface area contributed by atoms with Crippen LogP contribution in [-0.2, 0) is 11.3 Å². The van der Waals surface area contributed by atoms with Crippen LogP contribution >= 0.6 is 0 Å². The van der Waals surface area contributed by atoms with Gasteiger partial charge in [-0.25, -0.2) is 0 Å². The number of nitrogens with one attached hydrogen (secondary N) is 1. The predicted octanol–water partition coefficient (Wildman–Crippen LogP) is 0.933. The molecule has 0 spiro atoms. The highest BCUT2D eigenvalue weighted by molar-refractivity contribution is 5.78. The summed E-state index contributed by atoms with van der Waals surface area (Å²) < 4.78 is 0. The van der Waals surface area contributed by atoms with Crippen molar-refractivity contribution in [1.29, 1.82) is 5.26 Å². The minimum atomic E-state index is 0.0101. The van der Waals surface area contributed by atoms with E-state index in [0.29, 0.717) is 26.1 Å². The molecule has 1 amide bonds. The van der Waals surface area contributed by atoms with Crippen molar-refractivity contribution in [3.05, 3.63) is 30.1 Å². The summed E-state index contributed by atoms with van der Waals surface area (Å²) in [5.74, 6) is 0.0101. The van der Waals surface area contributed by atoms with Gasteiger partial charge in [-0.15, -0.1) is 0 Å². The summed E-state index contributed by atoms with van der Waals surface area (Å²) in [6.45, 7) is 3.97. The van der Waals surface area contributed by atoms with Crippen molar-refractivity contribution in [1.82, 2.24) is 15.2 Å². The van der Waals surface area contributed by atoms with Crippen LogP contribution in [0.2, 0.25) is 0 Å². The first-order chi connectivity index (χ1) is 8.77. The molecule has 96 valence electrons. The molecule has 0 bridgehead atoms. The summed E-state index contributed by atoms with van der Waals surface area (Å²) in [7, 11) is 0. The Morgan fingerprint density at radius 1 is 1.61 bits per heavy atom. The van der Waals surface area contributed by atoms with Gasteiger partial charge in [-0.2, -0.15) is 5.26 Å². The van der Waals surface area contributed by atoms with Crippen molar-refractivity contribution in [3.63, 3.8) is 0 Å². The summed E-state index contributed by atoms with van der Waals surface area (Å²) in [5.41, 5.74) is 0.972. The summed E-state index contributed by atoms with van der Waals surface area (Å²) in [6.07, 6.45) is 3.78. The zero-order valence-corrected chi connectivity index (χ0v) is 10.6. The normalized spacial score (nSPS) is 9.78. The molecule has 0 fully saturated rings. The number of amides is 1. The second kappa shape index (κ2) is 8.20. The molecule has 0 saturated heterocycles. The smallest absolute Gasteiger partial charge is 0.236 e. The van der Waals surface area contributed by atoms with E-state index < -0.39 is 0 Å². The first kappa shape index (κ1) is 14.1. The number of carbonyl (C=O) groups excluding carboxylic acids is 1. The van der Waals surface area contributed by atoms with Gasteiger partial charge in [-0.1, -0.05) is 13.0 Å². The lowest BCUT2D eigenvalue weighted by atomic mass is 10.2. The summed E-state index contributed by atoms with van der Waals surface area (Å²) >= 11 is 0. The van der Waals surface area contributed by atoms with Crippen molar-refractivity contribution in [2.24, 2.45) is 0 Å². The van der Waals surface area contributed by atoms with Crippen LogP contribution in [0.25, 0.3) is 0 Å². The third-order valence-corrected chi connectivity index (χ3v) is 2.47. The molecule has 0 aliphatic rings. The zero-order chi connectivity index (χ0) is 13.2. The summed E-state index contributed by atoms with van der Waals surface area (Å²) in [6, 6.07) is 5.83. The van der Waals surface area contributed by atoms with Gasteiger partial charge >= 0.3 is 0 Å². The molecule has 0 aromatic carbocycles. The van der Waals surface area contributed by atoms with Gasteiger partial charge in [0.1, 0.15) is 0 Å². The number of nitrogens with zero attached hydrogens (tertiary/aromatic N) is 3. The van der Waals surface area contributed by atoms with Gasteiger partial charge in [0, 0.05) is 25.5 Å². The second-order valence-corrected chi connectivity index (χ2v) is 3.87. The molecule has 0 aliphatic carbocycles. The molecular weight excluding hydrogens is 228 g/mol. The number of hydrogen-bond acceptors (Lipinski definition) is 4. The number of pyridine rings is 1. The molecule has 5 heteroatoms. The maximum absolute atomic E-state index is 11.9. The molecule has 0 radical (unpaired) electrons. The number of rotatable bonds is 7. The Morgan fingerprint density at radius 3 is 3.06 bits per heavy atom. The van der Waals surface area contributed by atoms with E-state index in [0.717, 1.165) is 12.1 Å². The fraction of sp³-hybridized carbons (Fsp3) is 0.462. The lowest BCUT2D eigenvalue weighted by Gasteiger charge is -2.21. The van der Waals surface area contributed by atoms with Crippen LogP contribution in [0.15, 0.2) is 24.5 Å². The first-order valence-corrected chi connectivity index (χ1v) is 6.02. The van der Waals surface area contributed by atoms with Gasteiger partial charge < -0.3 is 10.2 Å². The second-order valence-electron chi connectivity index (χ2n) is 3.87. The molecule has 1 heterocycles. The first-order valence-electron chi connectivity index (χ1n) is 6.02. The van der Waals surface area contributed by atoms with Gasteiger partial charge in [0.2, 0.25) is 5.91 Å². The van der Waals surface area contributed by atoms with E-state index in [9.17, 15) is 4.79 Å². The lowest BCUT2D eigenvalue weighted by molar-refractivity contribution is -0.130. The zero-order valence-electron chi connectivity index (χ0n) is 10.6. The molecular formula is C13H18N4O. The third-order valence-electron chi connectivity index (χ3n) is 2.47. The topological polar surface area (TPSA) is 69.0 Å². The maximum atomic E-state index is 11.9. The predicted molar refractivity (Wildman–Crippen MR) is 68.4 cm³/mol. The molecule has 0 saturated carbocycles. The van der Waals surface area contributed by atoms with Crippen molar-refractivity contribution >= 4 is 5.91 Å². The lowest BCUT2D eigenvalue weighted by Crippen LogP contribution is -2.38. The maximum Gasteiger partial charge on any atom is 0.236 e. The van der Waals surface area contributed by atoms with Gasteiger partial charge in [-0.3, -0.25) is 9.78 Å². The van der Waals surface area contributed by atoms with Crippen LogP contribution in [0.5, 0.6) is 0 Å². The number of aromatic nitrogens is 1. The molecule has 0 atom stereocenters.